The van der Waals surface area contributed by atoms with Crippen LogP contribution in [0.2, 0.25) is 0 Å². The van der Waals surface area contributed by atoms with Crippen molar-refractivity contribution in [2.75, 3.05) is 24.4 Å². The lowest BCUT2D eigenvalue weighted by molar-refractivity contribution is -0.137. The molecule has 1 aliphatic heterocycles. The van der Waals surface area contributed by atoms with Gasteiger partial charge < -0.3 is 14.6 Å². The van der Waals surface area contributed by atoms with Crippen molar-refractivity contribution in [3.63, 3.8) is 0 Å². The molecular formula is C32H37NO6S2. The number of benzene rings is 2. The first-order chi connectivity index (χ1) is 19.4. The van der Waals surface area contributed by atoms with Crippen LogP contribution in [0.5, 0.6) is 11.6 Å². The lowest BCUT2D eigenvalue weighted by Crippen LogP contribution is -2.10. The summed E-state index contributed by atoms with van der Waals surface area (Å²) < 4.78 is 35.6. The summed E-state index contributed by atoms with van der Waals surface area (Å²) in [6, 6.07) is 8.39. The Morgan fingerprint density at radius 1 is 1.10 bits per heavy atom. The third kappa shape index (κ3) is 6.11. The van der Waals surface area contributed by atoms with Crippen molar-refractivity contribution >= 4 is 27.6 Å². The summed E-state index contributed by atoms with van der Waals surface area (Å²) in [5, 5.41) is 9.21. The van der Waals surface area contributed by atoms with Gasteiger partial charge in [-0.1, -0.05) is 18.2 Å². The number of carbonyl (C=O) groups is 1. The predicted molar refractivity (Wildman–Crippen MR) is 162 cm³/mol. The lowest BCUT2D eigenvalue weighted by atomic mass is 9.86. The van der Waals surface area contributed by atoms with Gasteiger partial charge in [-0.2, -0.15) is 0 Å². The summed E-state index contributed by atoms with van der Waals surface area (Å²) in [4.78, 5) is 16.8. The minimum absolute atomic E-state index is 0.00789. The Labute approximate surface area is 246 Å². The highest BCUT2D eigenvalue weighted by molar-refractivity contribution is 7.99. The normalized spacial score (nSPS) is 17.8. The van der Waals surface area contributed by atoms with Gasteiger partial charge in [-0.25, -0.2) is 13.4 Å². The Bertz CT molecular complexity index is 1590. The fourth-order valence-electron chi connectivity index (χ4n) is 6.10. The minimum atomic E-state index is -3.01. The summed E-state index contributed by atoms with van der Waals surface area (Å²) in [5.74, 6) is 1.50. The number of aromatic nitrogens is 1. The number of ether oxygens (including phenoxy) is 2. The molecule has 0 amide bonds. The van der Waals surface area contributed by atoms with Crippen molar-refractivity contribution < 1.29 is 27.8 Å². The van der Waals surface area contributed by atoms with Crippen LogP contribution in [-0.4, -0.2) is 48.8 Å². The van der Waals surface area contributed by atoms with Gasteiger partial charge in [-0.3, -0.25) is 4.79 Å². The van der Waals surface area contributed by atoms with Gasteiger partial charge >= 0.3 is 5.97 Å². The number of carboxylic acid groups (broad SMARTS) is 1. The monoisotopic (exact) mass is 595 g/mol. The molecule has 0 fully saturated rings. The average molecular weight is 596 g/mol. The van der Waals surface area contributed by atoms with Crippen LogP contribution in [0.15, 0.2) is 35.4 Å². The number of carboxylic acids is 1. The molecule has 0 spiro atoms. The van der Waals surface area contributed by atoms with Crippen LogP contribution >= 0.6 is 11.8 Å². The Kier molecular flexibility index (Phi) is 8.39. The molecule has 0 bridgehead atoms. The first-order valence-electron chi connectivity index (χ1n) is 14.0. The third-order valence-electron chi connectivity index (χ3n) is 8.38. The van der Waals surface area contributed by atoms with E-state index in [2.05, 4.69) is 50.9 Å². The molecule has 3 aromatic rings. The van der Waals surface area contributed by atoms with Gasteiger partial charge in [0, 0.05) is 35.1 Å². The van der Waals surface area contributed by atoms with E-state index in [4.69, 9.17) is 9.47 Å². The molecule has 2 atom stereocenters. The largest absolute Gasteiger partial charge is 0.493 e. The molecule has 2 heterocycles. The van der Waals surface area contributed by atoms with Crippen molar-refractivity contribution in [1.82, 2.24) is 4.98 Å². The number of aliphatic carboxylic acids is 1. The van der Waals surface area contributed by atoms with Gasteiger partial charge in [0.15, 0.2) is 0 Å². The maximum absolute atomic E-state index is 11.5. The highest BCUT2D eigenvalue weighted by Crippen LogP contribution is 2.46. The second-order valence-corrected chi connectivity index (χ2v) is 14.5. The quantitative estimate of drug-likeness (QED) is 0.264. The summed E-state index contributed by atoms with van der Waals surface area (Å²) in [6.45, 7) is 8.77. The van der Waals surface area contributed by atoms with Crippen LogP contribution in [0.3, 0.4) is 0 Å². The third-order valence-corrected chi connectivity index (χ3v) is 10.6. The van der Waals surface area contributed by atoms with E-state index in [1.54, 1.807) is 18.0 Å². The SMILES string of the molecule is Cc1c(C)c(-c2cccc3c2CCC3Oc2cc3c(cn2)[C@H](CC(=O)O)CS3)c(C)c(C)c1OCCCS(C)(=O)=O. The molecule has 7 nitrogen and oxygen atoms in total. The summed E-state index contributed by atoms with van der Waals surface area (Å²) in [7, 11) is -3.01. The van der Waals surface area contributed by atoms with Gasteiger partial charge in [0.25, 0.3) is 0 Å². The van der Waals surface area contributed by atoms with Crippen molar-refractivity contribution in [2.45, 2.75) is 70.3 Å². The van der Waals surface area contributed by atoms with Gasteiger partial charge in [0.1, 0.15) is 21.7 Å². The molecule has 1 aliphatic carbocycles. The number of nitrogens with zero attached hydrogens (tertiary/aromatic N) is 1. The second-order valence-electron chi connectivity index (χ2n) is 11.2. The van der Waals surface area contributed by atoms with Crippen molar-refractivity contribution in [1.29, 1.82) is 0 Å². The second kappa shape index (κ2) is 11.7. The van der Waals surface area contributed by atoms with E-state index in [9.17, 15) is 18.3 Å². The average Bonchev–Trinajstić information content (AvgIpc) is 3.50. The van der Waals surface area contributed by atoms with Crippen molar-refractivity contribution in [3.05, 3.63) is 69.4 Å². The number of hydrogen-bond donors (Lipinski definition) is 1. The molecule has 2 aromatic carbocycles. The molecule has 218 valence electrons. The molecule has 0 saturated carbocycles. The minimum Gasteiger partial charge on any atom is -0.493 e. The number of pyridine rings is 1. The summed E-state index contributed by atoms with van der Waals surface area (Å²) in [6.07, 6.45) is 5.28. The molecule has 9 heteroatoms. The van der Waals surface area contributed by atoms with E-state index in [1.807, 2.05) is 6.07 Å². The Balaban J connectivity index is 1.39. The molecule has 0 saturated heterocycles. The number of fused-ring (bicyclic) bond motifs is 2. The van der Waals surface area contributed by atoms with E-state index >= 15 is 0 Å². The van der Waals surface area contributed by atoms with Gasteiger partial charge in [0.2, 0.25) is 5.88 Å². The zero-order chi connectivity index (χ0) is 29.5. The van der Waals surface area contributed by atoms with E-state index < -0.39 is 15.8 Å². The van der Waals surface area contributed by atoms with E-state index in [-0.39, 0.29) is 24.2 Å². The number of thioether (sulfide) groups is 1. The van der Waals surface area contributed by atoms with Crippen LogP contribution in [-0.2, 0) is 21.1 Å². The Hall–Kier alpha value is -3.04. The zero-order valence-corrected chi connectivity index (χ0v) is 25.9. The molecule has 5 rings (SSSR count). The van der Waals surface area contributed by atoms with Crippen molar-refractivity contribution in [3.8, 4) is 22.8 Å². The van der Waals surface area contributed by atoms with Crippen LogP contribution in [0.1, 0.15) is 70.2 Å². The predicted octanol–water partition coefficient (Wildman–Crippen LogP) is 6.53. The van der Waals surface area contributed by atoms with Crippen LogP contribution in [0.4, 0.5) is 0 Å². The Morgan fingerprint density at radius 3 is 2.51 bits per heavy atom. The molecular weight excluding hydrogens is 558 g/mol. The van der Waals surface area contributed by atoms with E-state index in [1.165, 1.54) is 28.5 Å². The smallest absolute Gasteiger partial charge is 0.303 e. The molecule has 1 unspecified atom stereocenters. The maximum Gasteiger partial charge on any atom is 0.303 e. The molecule has 0 radical (unpaired) electrons. The van der Waals surface area contributed by atoms with Gasteiger partial charge in [-0.15, -0.1) is 11.8 Å². The van der Waals surface area contributed by atoms with E-state index in [0.29, 0.717) is 18.9 Å². The van der Waals surface area contributed by atoms with Crippen LogP contribution in [0, 0.1) is 27.7 Å². The fourth-order valence-corrected chi connectivity index (χ4v) is 7.99. The van der Waals surface area contributed by atoms with Gasteiger partial charge in [-0.05, 0) is 97.0 Å². The standard InChI is InChI=1S/C32H37NO6S2/c1-18-20(3)32(38-12-7-13-41(5,36)37)21(4)19(2)31(18)25-9-6-8-24-23(25)10-11-27(24)39-29-15-28-26(16-33-29)22(17-40-28)14-30(34)35/h6,8-9,15-16,22,27H,7,10-14,17H2,1-5H3,(H,34,35)/t22-,27?/m1/s1. The van der Waals surface area contributed by atoms with Crippen molar-refractivity contribution in [2.24, 2.45) is 0 Å². The number of sulfone groups is 1. The van der Waals surface area contributed by atoms with E-state index in [0.717, 1.165) is 57.1 Å². The Morgan fingerprint density at radius 2 is 1.83 bits per heavy atom. The molecule has 2 aliphatic rings. The summed E-state index contributed by atoms with van der Waals surface area (Å²) >= 11 is 1.67. The first kappa shape index (κ1) is 29.5. The highest BCUT2D eigenvalue weighted by atomic mass is 32.2. The molecule has 41 heavy (non-hydrogen) atoms. The highest BCUT2D eigenvalue weighted by Gasteiger charge is 2.30. The fraction of sp³-hybridized carbons (Fsp3) is 0.438. The summed E-state index contributed by atoms with van der Waals surface area (Å²) in [5.41, 5.74) is 10.4. The first-order valence-corrected chi connectivity index (χ1v) is 17.0. The van der Waals surface area contributed by atoms with Crippen LogP contribution in [0.25, 0.3) is 11.1 Å². The molecule has 1 aromatic heterocycles. The number of hydrogen-bond acceptors (Lipinski definition) is 7. The van der Waals surface area contributed by atoms with Gasteiger partial charge in [0.05, 0.1) is 18.8 Å². The van der Waals surface area contributed by atoms with Crippen LogP contribution < -0.4 is 9.47 Å². The maximum atomic E-state index is 11.5. The zero-order valence-electron chi connectivity index (χ0n) is 24.2. The lowest BCUT2D eigenvalue weighted by Gasteiger charge is -2.23. The molecule has 1 N–H and O–H groups in total. The topological polar surface area (TPSA) is 103 Å². The number of rotatable bonds is 10.